The van der Waals surface area contributed by atoms with Crippen molar-refractivity contribution >= 4 is 15.9 Å². The molecule has 2 aliphatic heterocycles. The lowest BCUT2D eigenvalue weighted by Crippen LogP contribution is -2.46. The zero-order chi connectivity index (χ0) is 21.4. The number of fused-ring (bicyclic) bond motifs is 1. The van der Waals surface area contributed by atoms with Crippen molar-refractivity contribution in [3.8, 4) is 22.9 Å². The van der Waals surface area contributed by atoms with Gasteiger partial charge in [-0.05, 0) is 31.5 Å². The predicted molar refractivity (Wildman–Crippen MR) is 120 cm³/mol. The molecule has 3 aromatic rings. The summed E-state index contributed by atoms with van der Waals surface area (Å²) in [5.74, 6) is 2.95. The van der Waals surface area contributed by atoms with Gasteiger partial charge < -0.3 is 14.0 Å². The van der Waals surface area contributed by atoms with Gasteiger partial charge in [-0.1, -0.05) is 50.9 Å². The maximum atomic E-state index is 5.60. The van der Waals surface area contributed by atoms with Crippen molar-refractivity contribution in [2.24, 2.45) is 0 Å². The van der Waals surface area contributed by atoms with E-state index < -0.39 is 0 Å². The molecule has 1 atom stereocenters. The zero-order valence-corrected chi connectivity index (χ0v) is 19.3. The summed E-state index contributed by atoms with van der Waals surface area (Å²) >= 11 is 3.67. The van der Waals surface area contributed by atoms with E-state index in [1.165, 1.54) is 11.1 Å². The van der Waals surface area contributed by atoms with Crippen molar-refractivity contribution in [3.05, 3.63) is 57.9 Å². The van der Waals surface area contributed by atoms with Gasteiger partial charge in [-0.3, -0.25) is 9.80 Å². The zero-order valence-electron chi connectivity index (χ0n) is 17.7. The van der Waals surface area contributed by atoms with Gasteiger partial charge in [0.1, 0.15) is 0 Å². The molecule has 2 aliphatic rings. The lowest BCUT2D eigenvalue weighted by atomic mass is 10.1. The second-order valence-electron chi connectivity index (χ2n) is 8.11. The van der Waals surface area contributed by atoms with Crippen LogP contribution in [0.4, 0.5) is 0 Å². The molecule has 1 aromatic heterocycles. The van der Waals surface area contributed by atoms with Crippen molar-refractivity contribution in [3.63, 3.8) is 0 Å². The van der Waals surface area contributed by atoms with Gasteiger partial charge in [0.2, 0.25) is 18.5 Å². The van der Waals surface area contributed by atoms with Crippen LogP contribution in [0.25, 0.3) is 11.4 Å². The van der Waals surface area contributed by atoms with E-state index in [0.29, 0.717) is 18.5 Å². The van der Waals surface area contributed by atoms with E-state index in [2.05, 4.69) is 67.9 Å². The molecule has 0 aliphatic carbocycles. The molecule has 2 aromatic carbocycles. The van der Waals surface area contributed by atoms with Gasteiger partial charge in [0.05, 0.1) is 6.04 Å². The Morgan fingerprint density at radius 2 is 1.74 bits per heavy atom. The van der Waals surface area contributed by atoms with Gasteiger partial charge in [-0.15, -0.1) is 0 Å². The number of halogens is 1. The number of aromatic nitrogens is 2. The van der Waals surface area contributed by atoms with Crippen LogP contribution in [-0.4, -0.2) is 52.9 Å². The highest BCUT2D eigenvalue weighted by Crippen LogP contribution is 2.37. The third-order valence-electron chi connectivity index (χ3n) is 6.00. The molecule has 1 unspecified atom stereocenters. The highest BCUT2D eigenvalue weighted by molar-refractivity contribution is 9.10. The fourth-order valence-corrected chi connectivity index (χ4v) is 4.46. The molecule has 8 heteroatoms. The van der Waals surface area contributed by atoms with Gasteiger partial charge in [0.25, 0.3) is 0 Å². The largest absolute Gasteiger partial charge is 0.454 e. The first kappa shape index (κ1) is 20.5. The molecule has 1 saturated heterocycles. The first-order chi connectivity index (χ1) is 15.1. The standard InChI is InChI=1S/C23H25BrN4O3/c1-15-3-5-17(6-4-15)22-25-23(31-26-22)16(2)28-9-7-27(8-10-28)13-18-11-20-21(12-19(18)24)30-14-29-20/h3-6,11-12,16H,7-10,13-14H2,1-2H3. The third-order valence-corrected chi connectivity index (χ3v) is 6.74. The minimum Gasteiger partial charge on any atom is -0.454 e. The first-order valence-corrected chi connectivity index (χ1v) is 11.3. The Morgan fingerprint density at radius 3 is 2.48 bits per heavy atom. The minimum atomic E-state index is 0.0890. The second kappa shape index (κ2) is 8.61. The summed E-state index contributed by atoms with van der Waals surface area (Å²) in [6.07, 6.45) is 0. The SMILES string of the molecule is Cc1ccc(-c2noc(C(C)N3CCN(Cc4cc5c(cc4Br)OCO5)CC3)n2)cc1. The van der Waals surface area contributed by atoms with Crippen LogP contribution in [0.5, 0.6) is 11.5 Å². The van der Waals surface area contributed by atoms with Crippen molar-refractivity contribution in [1.82, 2.24) is 19.9 Å². The van der Waals surface area contributed by atoms with E-state index >= 15 is 0 Å². The smallest absolute Gasteiger partial charge is 0.244 e. The quantitative estimate of drug-likeness (QED) is 0.531. The van der Waals surface area contributed by atoms with Crippen molar-refractivity contribution < 1.29 is 14.0 Å². The van der Waals surface area contributed by atoms with Crippen LogP contribution in [0.1, 0.15) is 30.0 Å². The van der Waals surface area contributed by atoms with E-state index in [1.807, 2.05) is 18.2 Å². The number of piperazine rings is 1. The summed E-state index contributed by atoms with van der Waals surface area (Å²) in [7, 11) is 0. The van der Waals surface area contributed by atoms with Crippen LogP contribution in [0, 0.1) is 6.92 Å². The first-order valence-electron chi connectivity index (χ1n) is 10.5. The summed E-state index contributed by atoms with van der Waals surface area (Å²) in [6.45, 7) is 9.22. The molecule has 0 radical (unpaired) electrons. The average Bonchev–Trinajstić information content (AvgIpc) is 3.44. The Bertz CT molecular complexity index is 1060. The molecule has 5 rings (SSSR count). The minimum absolute atomic E-state index is 0.0890. The van der Waals surface area contributed by atoms with E-state index in [1.54, 1.807) is 0 Å². The molecule has 7 nitrogen and oxygen atoms in total. The molecule has 0 bridgehead atoms. The van der Waals surface area contributed by atoms with Gasteiger partial charge >= 0.3 is 0 Å². The maximum Gasteiger partial charge on any atom is 0.244 e. The fourth-order valence-electron chi connectivity index (χ4n) is 4.01. The van der Waals surface area contributed by atoms with Crippen LogP contribution >= 0.6 is 15.9 Å². The Labute approximate surface area is 190 Å². The lowest BCUT2D eigenvalue weighted by molar-refractivity contribution is 0.0844. The molecular formula is C23H25BrN4O3. The number of ether oxygens (including phenoxy) is 2. The second-order valence-corrected chi connectivity index (χ2v) is 8.96. The third kappa shape index (κ3) is 4.33. The summed E-state index contributed by atoms with van der Waals surface area (Å²) < 4.78 is 17.6. The Hall–Kier alpha value is -2.42. The Balaban J connectivity index is 1.19. The Kier molecular flexibility index (Phi) is 5.69. The molecule has 0 spiro atoms. The van der Waals surface area contributed by atoms with E-state index in [0.717, 1.165) is 54.3 Å². The molecule has 0 amide bonds. The molecule has 0 saturated carbocycles. The monoisotopic (exact) mass is 484 g/mol. The van der Waals surface area contributed by atoms with E-state index in [4.69, 9.17) is 14.0 Å². The van der Waals surface area contributed by atoms with Crippen molar-refractivity contribution in [2.45, 2.75) is 26.4 Å². The number of hydrogen-bond donors (Lipinski definition) is 0. The van der Waals surface area contributed by atoms with Crippen LogP contribution in [0.2, 0.25) is 0 Å². The maximum absolute atomic E-state index is 5.60. The van der Waals surface area contributed by atoms with Gasteiger partial charge in [0.15, 0.2) is 11.5 Å². The topological polar surface area (TPSA) is 63.9 Å². The Morgan fingerprint density at radius 1 is 1.03 bits per heavy atom. The predicted octanol–water partition coefficient (Wildman–Crippen LogP) is 4.42. The highest BCUT2D eigenvalue weighted by Gasteiger charge is 2.27. The fraction of sp³-hybridized carbons (Fsp3) is 0.391. The summed E-state index contributed by atoms with van der Waals surface area (Å²) in [5.41, 5.74) is 3.41. The van der Waals surface area contributed by atoms with Crippen molar-refractivity contribution in [1.29, 1.82) is 0 Å². The molecular weight excluding hydrogens is 460 g/mol. The van der Waals surface area contributed by atoms with Gasteiger partial charge in [0, 0.05) is 42.8 Å². The van der Waals surface area contributed by atoms with E-state index in [-0.39, 0.29) is 6.04 Å². The van der Waals surface area contributed by atoms with Crippen LogP contribution in [0.15, 0.2) is 45.4 Å². The number of aryl methyl sites for hydroxylation is 1. The number of nitrogens with zero attached hydrogens (tertiary/aromatic N) is 4. The van der Waals surface area contributed by atoms with Gasteiger partial charge in [-0.25, -0.2) is 0 Å². The average molecular weight is 485 g/mol. The molecule has 31 heavy (non-hydrogen) atoms. The summed E-state index contributed by atoms with van der Waals surface area (Å²) in [5, 5.41) is 4.19. The molecule has 1 fully saturated rings. The molecule has 3 heterocycles. The summed E-state index contributed by atoms with van der Waals surface area (Å²) in [4.78, 5) is 9.51. The van der Waals surface area contributed by atoms with Crippen LogP contribution in [0.3, 0.4) is 0 Å². The number of hydrogen-bond acceptors (Lipinski definition) is 7. The van der Waals surface area contributed by atoms with Gasteiger partial charge in [-0.2, -0.15) is 4.98 Å². The normalized spacial score (nSPS) is 17.8. The van der Waals surface area contributed by atoms with Crippen LogP contribution < -0.4 is 9.47 Å². The highest BCUT2D eigenvalue weighted by atomic mass is 79.9. The number of rotatable bonds is 5. The summed E-state index contributed by atoms with van der Waals surface area (Å²) in [6, 6.07) is 12.3. The molecule has 0 N–H and O–H groups in total. The molecule has 162 valence electrons. The lowest BCUT2D eigenvalue weighted by Gasteiger charge is -2.37. The van der Waals surface area contributed by atoms with Crippen molar-refractivity contribution in [2.75, 3.05) is 33.0 Å². The number of benzene rings is 2. The van der Waals surface area contributed by atoms with Crippen LogP contribution in [-0.2, 0) is 6.54 Å². The van der Waals surface area contributed by atoms with E-state index in [9.17, 15) is 0 Å².